The van der Waals surface area contributed by atoms with Gasteiger partial charge in [0.2, 0.25) is 0 Å². The fraction of sp³-hybridized carbons (Fsp3) is 0.333. The summed E-state index contributed by atoms with van der Waals surface area (Å²) in [4.78, 5) is 11.8. The standard InChI is InChI=1S/C15H16ClN3O/c1-19-15(20)14(16)13(9-17-19)18-12-8-4-6-10-5-2-3-7-11(10)12/h2-3,5,7,9,12,18H,4,6,8H2,1H3/t12-/m0/s1. The molecule has 2 aromatic rings. The molecule has 1 heterocycles. The highest BCUT2D eigenvalue weighted by molar-refractivity contribution is 6.32. The van der Waals surface area contributed by atoms with Gasteiger partial charge in [-0.2, -0.15) is 5.10 Å². The van der Waals surface area contributed by atoms with Crippen molar-refractivity contribution in [1.29, 1.82) is 0 Å². The van der Waals surface area contributed by atoms with E-state index in [1.54, 1.807) is 13.2 Å². The van der Waals surface area contributed by atoms with Crippen LogP contribution in [0.4, 0.5) is 5.69 Å². The third kappa shape index (κ3) is 2.31. The van der Waals surface area contributed by atoms with E-state index in [4.69, 9.17) is 11.6 Å². The van der Waals surface area contributed by atoms with E-state index in [9.17, 15) is 4.79 Å². The topological polar surface area (TPSA) is 46.9 Å². The monoisotopic (exact) mass is 289 g/mol. The van der Waals surface area contributed by atoms with Gasteiger partial charge in [0.05, 0.1) is 17.9 Å². The van der Waals surface area contributed by atoms with E-state index in [1.807, 2.05) is 6.07 Å². The van der Waals surface area contributed by atoms with Crippen molar-refractivity contribution in [2.75, 3.05) is 5.32 Å². The fourth-order valence-electron chi connectivity index (χ4n) is 2.70. The molecule has 0 aliphatic heterocycles. The molecule has 0 bridgehead atoms. The van der Waals surface area contributed by atoms with E-state index in [0.29, 0.717) is 5.69 Å². The van der Waals surface area contributed by atoms with Gasteiger partial charge in [0.1, 0.15) is 5.02 Å². The quantitative estimate of drug-likeness (QED) is 0.925. The molecule has 1 aliphatic rings. The van der Waals surface area contributed by atoms with E-state index < -0.39 is 0 Å². The van der Waals surface area contributed by atoms with Crippen molar-refractivity contribution >= 4 is 17.3 Å². The summed E-state index contributed by atoms with van der Waals surface area (Å²) < 4.78 is 1.24. The lowest BCUT2D eigenvalue weighted by Crippen LogP contribution is -2.23. The predicted octanol–water partition coefficient (Wildman–Crippen LogP) is 2.92. The Kier molecular flexibility index (Phi) is 3.49. The molecule has 1 aliphatic carbocycles. The van der Waals surface area contributed by atoms with E-state index >= 15 is 0 Å². The van der Waals surface area contributed by atoms with Gasteiger partial charge in [-0.15, -0.1) is 0 Å². The van der Waals surface area contributed by atoms with Gasteiger partial charge in [0, 0.05) is 7.05 Å². The molecular weight excluding hydrogens is 274 g/mol. The van der Waals surface area contributed by atoms with Crippen LogP contribution in [0.1, 0.15) is 30.0 Å². The maximum atomic E-state index is 11.8. The molecule has 4 nitrogen and oxygen atoms in total. The van der Waals surface area contributed by atoms with Crippen LogP contribution >= 0.6 is 11.6 Å². The van der Waals surface area contributed by atoms with Crippen LogP contribution in [0.3, 0.4) is 0 Å². The molecule has 0 unspecified atom stereocenters. The number of anilines is 1. The lowest BCUT2D eigenvalue weighted by atomic mass is 9.87. The van der Waals surface area contributed by atoms with E-state index in [1.165, 1.54) is 15.8 Å². The molecule has 0 fully saturated rings. The molecule has 0 spiro atoms. The average Bonchev–Trinajstić information content (AvgIpc) is 2.48. The van der Waals surface area contributed by atoms with Gasteiger partial charge < -0.3 is 5.32 Å². The molecule has 1 aromatic heterocycles. The highest BCUT2D eigenvalue weighted by Crippen LogP contribution is 2.33. The Balaban J connectivity index is 1.94. The minimum absolute atomic E-state index is 0.186. The minimum Gasteiger partial charge on any atom is -0.376 e. The number of fused-ring (bicyclic) bond motifs is 1. The van der Waals surface area contributed by atoms with Gasteiger partial charge in [0.15, 0.2) is 0 Å². The Labute approximate surface area is 122 Å². The van der Waals surface area contributed by atoms with Gasteiger partial charge in [-0.25, -0.2) is 4.68 Å². The third-order valence-electron chi connectivity index (χ3n) is 3.78. The zero-order valence-corrected chi connectivity index (χ0v) is 12.0. The number of nitrogens with one attached hydrogen (secondary N) is 1. The third-order valence-corrected chi connectivity index (χ3v) is 4.14. The SMILES string of the molecule is Cn1ncc(N[C@H]2CCCc3ccccc32)c(Cl)c1=O. The van der Waals surface area contributed by atoms with E-state index in [0.717, 1.165) is 19.3 Å². The van der Waals surface area contributed by atoms with Gasteiger partial charge in [0.25, 0.3) is 5.56 Å². The molecule has 1 atom stereocenters. The lowest BCUT2D eigenvalue weighted by Gasteiger charge is -2.27. The smallest absolute Gasteiger partial charge is 0.287 e. The second-order valence-electron chi connectivity index (χ2n) is 5.09. The number of rotatable bonds is 2. The van der Waals surface area contributed by atoms with Crippen molar-refractivity contribution in [2.24, 2.45) is 7.05 Å². The molecule has 0 radical (unpaired) electrons. The highest BCUT2D eigenvalue weighted by Gasteiger charge is 2.21. The van der Waals surface area contributed by atoms with Gasteiger partial charge in [-0.1, -0.05) is 35.9 Å². The summed E-state index contributed by atoms with van der Waals surface area (Å²) in [6.07, 6.45) is 4.88. The molecule has 5 heteroatoms. The normalized spacial score (nSPS) is 17.6. The summed E-state index contributed by atoms with van der Waals surface area (Å²) >= 11 is 6.11. The second kappa shape index (κ2) is 5.29. The molecule has 0 saturated heterocycles. The first-order valence-electron chi connectivity index (χ1n) is 6.73. The molecule has 3 rings (SSSR count). The van der Waals surface area contributed by atoms with Gasteiger partial charge >= 0.3 is 0 Å². The number of aryl methyl sites for hydroxylation is 2. The first-order chi connectivity index (χ1) is 9.66. The van der Waals surface area contributed by atoms with Crippen LogP contribution in [-0.4, -0.2) is 9.78 Å². The molecule has 1 N–H and O–H groups in total. The van der Waals surface area contributed by atoms with Gasteiger partial charge in [-0.05, 0) is 30.4 Å². The second-order valence-corrected chi connectivity index (χ2v) is 5.47. The Morgan fingerprint density at radius 2 is 2.20 bits per heavy atom. The largest absolute Gasteiger partial charge is 0.376 e. The van der Waals surface area contributed by atoms with Crippen molar-refractivity contribution in [1.82, 2.24) is 9.78 Å². The van der Waals surface area contributed by atoms with Crippen molar-refractivity contribution in [2.45, 2.75) is 25.3 Å². The Morgan fingerprint density at radius 1 is 1.40 bits per heavy atom. The molecular formula is C15H16ClN3O. The first kappa shape index (κ1) is 13.2. The molecule has 0 saturated carbocycles. The summed E-state index contributed by atoms with van der Waals surface area (Å²) in [6, 6.07) is 8.59. The van der Waals surface area contributed by atoms with Crippen molar-refractivity contribution in [3.05, 3.63) is 57.0 Å². The summed E-state index contributed by atoms with van der Waals surface area (Å²) in [5.74, 6) is 0. The minimum atomic E-state index is -0.277. The number of aromatic nitrogens is 2. The van der Waals surface area contributed by atoms with Crippen LogP contribution in [0.15, 0.2) is 35.3 Å². The maximum absolute atomic E-state index is 11.8. The average molecular weight is 290 g/mol. The zero-order chi connectivity index (χ0) is 14.1. The Hall–Kier alpha value is -1.81. The van der Waals surface area contributed by atoms with Crippen molar-refractivity contribution in [3.8, 4) is 0 Å². The predicted molar refractivity (Wildman–Crippen MR) is 80.2 cm³/mol. The van der Waals surface area contributed by atoms with Crippen LogP contribution in [-0.2, 0) is 13.5 Å². The summed E-state index contributed by atoms with van der Waals surface area (Å²) in [7, 11) is 1.59. The maximum Gasteiger partial charge on any atom is 0.287 e. The first-order valence-corrected chi connectivity index (χ1v) is 7.11. The molecule has 0 amide bonds. The van der Waals surface area contributed by atoms with Crippen molar-refractivity contribution in [3.63, 3.8) is 0 Å². The summed E-state index contributed by atoms with van der Waals surface area (Å²) in [5.41, 5.74) is 2.98. The number of nitrogens with zero attached hydrogens (tertiary/aromatic N) is 2. The Bertz CT molecular complexity index is 696. The summed E-state index contributed by atoms with van der Waals surface area (Å²) in [6.45, 7) is 0. The van der Waals surface area contributed by atoms with Crippen LogP contribution in [0.5, 0.6) is 0 Å². The van der Waals surface area contributed by atoms with Crippen LogP contribution < -0.4 is 10.9 Å². The van der Waals surface area contributed by atoms with Crippen LogP contribution in [0.25, 0.3) is 0 Å². The lowest BCUT2D eigenvalue weighted by molar-refractivity contribution is 0.598. The van der Waals surface area contributed by atoms with Crippen LogP contribution in [0.2, 0.25) is 5.02 Å². The highest BCUT2D eigenvalue weighted by atomic mass is 35.5. The van der Waals surface area contributed by atoms with Crippen LogP contribution in [0, 0.1) is 0 Å². The van der Waals surface area contributed by atoms with Gasteiger partial charge in [-0.3, -0.25) is 4.79 Å². The van der Waals surface area contributed by atoms with E-state index in [2.05, 4.69) is 28.6 Å². The zero-order valence-electron chi connectivity index (χ0n) is 11.3. The number of halogens is 1. The van der Waals surface area contributed by atoms with Crippen molar-refractivity contribution < 1.29 is 0 Å². The number of hydrogen-bond donors (Lipinski definition) is 1. The number of benzene rings is 1. The fourth-order valence-corrected chi connectivity index (χ4v) is 2.93. The summed E-state index contributed by atoms with van der Waals surface area (Å²) in [5, 5.41) is 7.58. The molecule has 104 valence electrons. The number of hydrogen-bond acceptors (Lipinski definition) is 3. The van der Waals surface area contributed by atoms with E-state index in [-0.39, 0.29) is 16.6 Å². The molecule has 20 heavy (non-hydrogen) atoms. The Morgan fingerprint density at radius 3 is 3.05 bits per heavy atom. The molecule has 1 aromatic carbocycles.